The molecule has 0 saturated carbocycles. The Hall–Kier alpha value is -3.93. The van der Waals surface area contributed by atoms with E-state index in [0.29, 0.717) is 23.2 Å². The van der Waals surface area contributed by atoms with E-state index in [0.717, 1.165) is 16.6 Å². The summed E-state index contributed by atoms with van der Waals surface area (Å²) in [6.07, 6.45) is 0.569. The Kier molecular flexibility index (Phi) is 5.57. The molecule has 30 heavy (non-hydrogen) atoms. The quantitative estimate of drug-likeness (QED) is 0.537. The van der Waals surface area contributed by atoms with E-state index < -0.39 is 0 Å². The van der Waals surface area contributed by atoms with Crippen molar-refractivity contribution in [2.24, 2.45) is 0 Å². The lowest BCUT2D eigenvalue weighted by Gasteiger charge is -2.12. The third-order valence-corrected chi connectivity index (χ3v) is 4.81. The number of methoxy groups -OCH3 is 1. The maximum absolute atomic E-state index is 12.9. The Labute approximate surface area is 173 Å². The molecule has 1 amide bonds. The lowest BCUT2D eigenvalue weighted by atomic mass is 10.0. The maximum Gasteiger partial charge on any atom is 0.275 e. The van der Waals surface area contributed by atoms with Crippen molar-refractivity contribution in [1.29, 1.82) is 0 Å². The number of anilines is 1. The number of aromatic nitrogens is 2. The van der Waals surface area contributed by atoms with Crippen LogP contribution >= 0.6 is 0 Å². The first-order valence-corrected chi connectivity index (χ1v) is 9.60. The molecule has 0 aliphatic heterocycles. The zero-order valence-electron chi connectivity index (χ0n) is 16.5. The number of ether oxygens (including phenoxy) is 1. The summed E-state index contributed by atoms with van der Waals surface area (Å²) in [6, 6.07) is 24.3. The molecule has 0 saturated heterocycles. The third-order valence-electron chi connectivity index (χ3n) is 4.81. The molecule has 0 spiro atoms. The van der Waals surface area contributed by atoms with Crippen molar-refractivity contribution in [1.82, 2.24) is 9.78 Å². The Morgan fingerprint density at radius 2 is 1.70 bits per heavy atom. The van der Waals surface area contributed by atoms with Gasteiger partial charge in [-0.2, -0.15) is 5.10 Å². The van der Waals surface area contributed by atoms with Crippen LogP contribution in [0.4, 0.5) is 5.69 Å². The second-order valence-corrected chi connectivity index (χ2v) is 6.90. The molecule has 6 nitrogen and oxygen atoms in total. The highest BCUT2D eigenvalue weighted by Gasteiger charge is 2.13. The first kappa shape index (κ1) is 19.4. The Morgan fingerprint density at radius 3 is 2.47 bits per heavy atom. The SMILES string of the molecule is COc1cccc(NC(=O)Cn2nc(Cc3ccccc3)c3ccccc3c2=O)c1. The minimum atomic E-state index is -0.334. The van der Waals surface area contributed by atoms with Crippen molar-refractivity contribution in [3.05, 3.63) is 100 Å². The molecule has 1 aromatic heterocycles. The fourth-order valence-corrected chi connectivity index (χ4v) is 3.37. The van der Waals surface area contributed by atoms with Gasteiger partial charge in [-0.1, -0.05) is 54.6 Å². The molecule has 0 radical (unpaired) electrons. The number of rotatable bonds is 6. The largest absolute Gasteiger partial charge is 0.497 e. The molecule has 4 rings (SSSR count). The Balaban J connectivity index is 1.65. The predicted molar refractivity (Wildman–Crippen MR) is 117 cm³/mol. The van der Waals surface area contributed by atoms with Gasteiger partial charge in [0.2, 0.25) is 5.91 Å². The summed E-state index contributed by atoms with van der Waals surface area (Å²) in [4.78, 5) is 25.5. The number of benzene rings is 3. The summed E-state index contributed by atoms with van der Waals surface area (Å²) in [5.41, 5.74) is 2.15. The second kappa shape index (κ2) is 8.61. The summed E-state index contributed by atoms with van der Waals surface area (Å²) >= 11 is 0. The van der Waals surface area contributed by atoms with Crippen LogP contribution in [0.2, 0.25) is 0 Å². The van der Waals surface area contributed by atoms with Crippen LogP contribution in [0.15, 0.2) is 83.7 Å². The highest BCUT2D eigenvalue weighted by Crippen LogP contribution is 2.18. The number of carbonyl (C=O) groups is 1. The number of amides is 1. The minimum absolute atomic E-state index is 0.178. The second-order valence-electron chi connectivity index (χ2n) is 6.90. The monoisotopic (exact) mass is 399 g/mol. The van der Waals surface area contributed by atoms with E-state index in [4.69, 9.17) is 4.74 Å². The lowest BCUT2D eigenvalue weighted by molar-refractivity contribution is -0.117. The normalized spacial score (nSPS) is 10.7. The van der Waals surface area contributed by atoms with Crippen LogP contribution in [0, 0.1) is 0 Å². The molecule has 0 unspecified atom stereocenters. The zero-order chi connectivity index (χ0) is 20.9. The number of fused-ring (bicyclic) bond motifs is 1. The van der Waals surface area contributed by atoms with Gasteiger partial charge in [0, 0.05) is 23.6 Å². The molecule has 4 aromatic rings. The van der Waals surface area contributed by atoms with Crippen molar-refractivity contribution < 1.29 is 9.53 Å². The van der Waals surface area contributed by atoms with Crippen LogP contribution in [-0.2, 0) is 17.8 Å². The number of hydrogen-bond donors (Lipinski definition) is 1. The number of nitrogens with one attached hydrogen (secondary N) is 1. The van der Waals surface area contributed by atoms with Crippen LogP contribution in [0.5, 0.6) is 5.75 Å². The Morgan fingerprint density at radius 1 is 0.967 bits per heavy atom. The summed E-state index contributed by atoms with van der Waals surface area (Å²) in [6.45, 7) is -0.178. The summed E-state index contributed by atoms with van der Waals surface area (Å²) < 4.78 is 6.41. The van der Waals surface area contributed by atoms with E-state index in [1.165, 1.54) is 4.68 Å². The molecule has 0 aliphatic carbocycles. The lowest BCUT2D eigenvalue weighted by Crippen LogP contribution is -2.30. The van der Waals surface area contributed by atoms with Gasteiger partial charge >= 0.3 is 0 Å². The van der Waals surface area contributed by atoms with E-state index in [2.05, 4.69) is 10.4 Å². The van der Waals surface area contributed by atoms with Crippen LogP contribution in [0.3, 0.4) is 0 Å². The molecular formula is C24H21N3O3. The average molecular weight is 399 g/mol. The molecule has 0 atom stereocenters. The molecule has 6 heteroatoms. The van der Waals surface area contributed by atoms with Gasteiger partial charge in [0.25, 0.3) is 5.56 Å². The molecule has 0 aliphatic rings. The van der Waals surface area contributed by atoms with Gasteiger partial charge in [0.1, 0.15) is 12.3 Å². The van der Waals surface area contributed by atoms with Crippen molar-refractivity contribution in [2.75, 3.05) is 12.4 Å². The van der Waals surface area contributed by atoms with Crippen molar-refractivity contribution >= 4 is 22.4 Å². The van der Waals surface area contributed by atoms with E-state index in [1.54, 1.807) is 37.4 Å². The molecule has 1 N–H and O–H groups in total. The average Bonchev–Trinajstić information content (AvgIpc) is 2.78. The van der Waals surface area contributed by atoms with E-state index in [9.17, 15) is 9.59 Å². The van der Waals surface area contributed by atoms with Gasteiger partial charge in [-0.15, -0.1) is 0 Å². The Bertz CT molecular complexity index is 1250. The minimum Gasteiger partial charge on any atom is -0.497 e. The van der Waals surface area contributed by atoms with Crippen molar-refractivity contribution in [2.45, 2.75) is 13.0 Å². The topological polar surface area (TPSA) is 73.2 Å². The number of carbonyl (C=O) groups excluding carboxylic acids is 1. The van der Waals surface area contributed by atoms with E-state index >= 15 is 0 Å². The van der Waals surface area contributed by atoms with Crippen LogP contribution in [0.25, 0.3) is 10.8 Å². The first-order chi connectivity index (χ1) is 14.6. The summed E-state index contributed by atoms with van der Waals surface area (Å²) in [5, 5.41) is 8.67. The van der Waals surface area contributed by atoms with Gasteiger partial charge in [0.05, 0.1) is 18.2 Å². The zero-order valence-corrected chi connectivity index (χ0v) is 16.5. The van der Waals surface area contributed by atoms with Gasteiger partial charge in [-0.3, -0.25) is 9.59 Å². The van der Waals surface area contributed by atoms with E-state index in [1.807, 2.05) is 48.5 Å². The van der Waals surface area contributed by atoms with Crippen molar-refractivity contribution in [3.8, 4) is 5.75 Å². The molecule has 3 aromatic carbocycles. The van der Waals surface area contributed by atoms with E-state index in [-0.39, 0.29) is 18.0 Å². The van der Waals surface area contributed by atoms with Gasteiger partial charge in [0.15, 0.2) is 0 Å². The molecule has 0 fully saturated rings. The predicted octanol–water partition coefficient (Wildman–Crippen LogP) is 3.63. The van der Waals surface area contributed by atoms with Crippen LogP contribution in [0.1, 0.15) is 11.3 Å². The molecule has 150 valence electrons. The fraction of sp³-hybridized carbons (Fsp3) is 0.125. The summed E-state index contributed by atoms with van der Waals surface area (Å²) in [7, 11) is 1.56. The first-order valence-electron chi connectivity index (χ1n) is 9.60. The third kappa shape index (κ3) is 4.22. The number of hydrogen-bond acceptors (Lipinski definition) is 4. The number of nitrogens with zero attached hydrogens (tertiary/aromatic N) is 2. The molecule has 0 bridgehead atoms. The van der Waals surface area contributed by atoms with Crippen LogP contribution in [-0.4, -0.2) is 22.8 Å². The molecule has 1 heterocycles. The van der Waals surface area contributed by atoms with Gasteiger partial charge in [-0.25, -0.2) is 4.68 Å². The standard InChI is InChI=1S/C24H21N3O3/c1-30-19-11-7-10-18(15-19)25-23(28)16-27-24(29)21-13-6-5-12-20(21)22(26-27)14-17-8-3-2-4-9-17/h2-13,15H,14,16H2,1H3,(H,25,28). The summed E-state index contributed by atoms with van der Waals surface area (Å²) in [5.74, 6) is 0.303. The smallest absolute Gasteiger partial charge is 0.275 e. The highest BCUT2D eigenvalue weighted by molar-refractivity contribution is 5.91. The molecular weight excluding hydrogens is 378 g/mol. The highest BCUT2D eigenvalue weighted by atomic mass is 16.5. The van der Waals surface area contributed by atoms with Gasteiger partial charge < -0.3 is 10.1 Å². The van der Waals surface area contributed by atoms with Gasteiger partial charge in [-0.05, 0) is 23.8 Å². The maximum atomic E-state index is 12.9. The fourth-order valence-electron chi connectivity index (χ4n) is 3.37. The van der Waals surface area contributed by atoms with Crippen molar-refractivity contribution in [3.63, 3.8) is 0 Å². The van der Waals surface area contributed by atoms with Crippen LogP contribution < -0.4 is 15.6 Å².